The molecule has 4 rings (SSSR count). The Morgan fingerprint density at radius 2 is 1.62 bits per heavy atom. The van der Waals surface area contributed by atoms with E-state index in [9.17, 15) is 0 Å². The zero-order valence-corrected chi connectivity index (χ0v) is 11.4. The van der Waals surface area contributed by atoms with Gasteiger partial charge in [-0.1, -0.05) is 29.8 Å². The first-order chi connectivity index (χ1) is 10.3. The standard InChI is InChI=1S/C16H12N4O/c1-10-6-8-11(9-7-10)15-20-19-14-16(21-15)18-13-5-3-2-4-12(13)17-14/h2-9H,1H3,(H,17,19). The minimum absolute atomic E-state index is 0.444. The van der Waals surface area contributed by atoms with Gasteiger partial charge >= 0.3 is 0 Å². The Labute approximate surface area is 121 Å². The average Bonchev–Trinajstić information content (AvgIpc) is 2.53. The van der Waals surface area contributed by atoms with Crippen LogP contribution in [-0.2, 0) is 0 Å². The fourth-order valence-electron chi connectivity index (χ4n) is 2.17. The minimum atomic E-state index is 0.444. The lowest BCUT2D eigenvalue weighted by Gasteiger charge is -2.16. The van der Waals surface area contributed by atoms with E-state index in [0.29, 0.717) is 17.6 Å². The van der Waals surface area contributed by atoms with Crippen LogP contribution in [0.2, 0.25) is 0 Å². The van der Waals surface area contributed by atoms with Crippen molar-refractivity contribution in [2.75, 3.05) is 5.43 Å². The Kier molecular flexibility index (Phi) is 2.57. The van der Waals surface area contributed by atoms with Gasteiger partial charge in [0.15, 0.2) is 0 Å². The molecule has 0 unspecified atom stereocenters. The predicted molar refractivity (Wildman–Crippen MR) is 81.5 cm³/mol. The van der Waals surface area contributed by atoms with Gasteiger partial charge in [-0.25, -0.2) is 9.97 Å². The van der Waals surface area contributed by atoms with Gasteiger partial charge in [0.1, 0.15) is 0 Å². The van der Waals surface area contributed by atoms with Gasteiger partial charge < -0.3 is 4.74 Å². The predicted octanol–water partition coefficient (Wildman–Crippen LogP) is 3.10. The molecule has 0 fully saturated rings. The second-order valence-corrected chi connectivity index (χ2v) is 4.86. The number of hydrogen-bond donors (Lipinski definition) is 1. The van der Waals surface area contributed by atoms with Crippen LogP contribution >= 0.6 is 0 Å². The number of benzene rings is 2. The molecule has 3 aromatic rings. The molecule has 0 radical (unpaired) electrons. The molecule has 0 bridgehead atoms. The number of fused-ring (bicyclic) bond motifs is 2. The molecule has 5 nitrogen and oxygen atoms in total. The average molecular weight is 276 g/mol. The van der Waals surface area contributed by atoms with Crippen LogP contribution in [-0.4, -0.2) is 15.9 Å². The Morgan fingerprint density at radius 1 is 0.905 bits per heavy atom. The summed E-state index contributed by atoms with van der Waals surface area (Å²) in [5.41, 5.74) is 6.59. The van der Waals surface area contributed by atoms with E-state index in [2.05, 4.69) is 20.5 Å². The summed E-state index contributed by atoms with van der Waals surface area (Å²) in [6.45, 7) is 2.04. The van der Waals surface area contributed by atoms with Gasteiger partial charge in [-0.3, -0.25) is 5.43 Å². The van der Waals surface area contributed by atoms with E-state index in [1.165, 1.54) is 5.56 Å². The molecular formula is C16H12N4O. The zero-order valence-electron chi connectivity index (χ0n) is 11.4. The summed E-state index contributed by atoms with van der Waals surface area (Å²) in [5, 5.41) is 4.22. The Balaban J connectivity index is 1.74. The number of hydrazone groups is 1. The lowest BCUT2D eigenvalue weighted by molar-refractivity contribution is 0.520. The van der Waals surface area contributed by atoms with Crippen molar-refractivity contribution >= 4 is 22.7 Å². The van der Waals surface area contributed by atoms with Gasteiger partial charge in [0, 0.05) is 5.56 Å². The summed E-state index contributed by atoms with van der Waals surface area (Å²) in [4.78, 5) is 8.93. The summed E-state index contributed by atoms with van der Waals surface area (Å²) in [6.07, 6.45) is 0. The van der Waals surface area contributed by atoms with Crippen LogP contribution in [0, 0.1) is 6.92 Å². The first-order valence-electron chi connectivity index (χ1n) is 6.65. The van der Waals surface area contributed by atoms with Gasteiger partial charge in [0.05, 0.1) is 11.0 Å². The molecule has 1 aliphatic heterocycles. The van der Waals surface area contributed by atoms with Gasteiger partial charge in [0.25, 0.3) is 5.88 Å². The van der Waals surface area contributed by atoms with Gasteiger partial charge in [-0.2, -0.15) is 0 Å². The van der Waals surface area contributed by atoms with Crippen LogP contribution in [0.25, 0.3) is 11.0 Å². The molecule has 2 heterocycles. The van der Waals surface area contributed by atoms with Gasteiger partial charge in [-0.15, -0.1) is 5.10 Å². The topological polar surface area (TPSA) is 59.4 Å². The molecule has 1 aliphatic rings. The smallest absolute Gasteiger partial charge is 0.266 e. The highest BCUT2D eigenvalue weighted by Crippen LogP contribution is 2.27. The maximum absolute atomic E-state index is 5.78. The van der Waals surface area contributed by atoms with Crippen molar-refractivity contribution < 1.29 is 4.74 Å². The molecule has 21 heavy (non-hydrogen) atoms. The monoisotopic (exact) mass is 276 g/mol. The SMILES string of the molecule is Cc1ccc(C2=NNc3nc4ccccc4nc3O2)cc1. The third-order valence-corrected chi connectivity index (χ3v) is 3.29. The van der Waals surface area contributed by atoms with E-state index in [4.69, 9.17) is 4.74 Å². The summed E-state index contributed by atoms with van der Waals surface area (Å²) >= 11 is 0. The number of rotatable bonds is 1. The van der Waals surface area contributed by atoms with Crippen LogP contribution in [0.5, 0.6) is 5.88 Å². The molecule has 1 N–H and O–H groups in total. The molecular weight excluding hydrogens is 264 g/mol. The maximum atomic E-state index is 5.78. The first kappa shape index (κ1) is 11.8. The Morgan fingerprint density at radius 3 is 2.38 bits per heavy atom. The lowest BCUT2D eigenvalue weighted by Crippen LogP contribution is -2.19. The Hall–Kier alpha value is -2.95. The van der Waals surface area contributed by atoms with Gasteiger partial charge in [0.2, 0.25) is 11.7 Å². The van der Waals surface area contributed by atoms with Crippen molar-refractivity contribution in [3.8, 4) is 5.88 Å². The summed E-state index contributed by atoms with van der Waals surface area (Å²) in [5.74, 6) is 1.47. The molecule has 0 aliphatic carbocycles. The second-order valence-electron chi connectivity index (χ2n) is 4.86. The van der Waals surface area contributed by atoms with Crippen molar-refractivity contribution in [1.29, 1.82) is 0 Å². The highest BCUT2D eigenvalue weighted by atomic mass is 16.5. The zero-order chi connectivity index (χ0) is 14.2. The second kappa shape index (κ2) is 4.56. The molecule has 2 aromatic carbocycles. The minimum Gasteiger partial charge on any atom is -0.415 e. The van der Waals surface area contributed by atoms with Crippen LogP contribution in [0.1, 0.15) is 11.1 Å². The number of aromatic nitrogens is 2. The van der Waals surface area contributed by atoms with E-state index < -0.39 is 0 Å². The molecule has 0 atom stereocenters. The third-order valence-electron chi connectivity index (χ3n) is 3.29. The highest BCUT2D eigenvalue weighted by molar-refractivity contribution is 5.97. The van der Waals surface area contributed by atoms with Crippen molar-refractivity contribution in [3.63, 3.8) is 0 Å². The number of para-hydroxylation sites is 2. The summed E-state index contributed by atoms with van der Waals surface area (Å²) < 4.78 is 5.78. The molecule has 0 spiro atoms. The summed E-state index contributed by atoms with van der Waals surface area (Å²) in [6, 6.07) is 15.6. The first-order valence-corrected chi connectivity index (χ1v) is 6.65. The number of nitrogens with one attached hydrogen (secondary N) is 1. The largest absolute Gasteiger partial charge is 0.415 e. The normalized spacial score (nSPS) is 13.1. The maximum Gasteiger partial charge on any atom is 0.266 e. The molecule has 0 saturated carbocycles. The third kappa shape index (κ3) is 2.08. The van der Waals surface area contributed by atoms with Crippen molar-refractivity contribution in [1.82, 2.24) is 9.97 Å². The number of nitrogens with zero attached hydrogens (tertiary/aromatic N) is 3. The molecule has 0 amide bonds. The Bertz CT molecular complexity index is 856. The molecule has 1 aromatic heterocycles. The van der Waals surface area contributed by atoms with E-state index in [0.717, 1.165) is 16.6 Å². The highest BCUT2D eigenvalue weighted by Gasteiger charge is 2.19. The lowest BCUT2D eigenvalue weighted by atomic mass is 10.1. The molecule has 0 saturated heterocycles. The van der Waals surface area contributed by atoms with Crippen molar-refractivity contribution in [2.24, 2.45) is 5.10 Å². The quantitative estimate of drug-likeness (QED) is 0.742. The number of hydrogen-bond acceptors (Lipinski definition) is 5. The van der Waals surface area contributed by atoms with E-state index >= 15 is 0 Å². The van der Waals surface area contributed by atoms with E-state index in [1.807, 2.05) is 55.5 Å². The van der Waals surface area contributed by atoms with E-state index in [1.54, 1.807) is 0 Å². The van der Waals surface area contributed by atoms with Crippen LogP contribution < -0.4 is 10.2 Å². The fraction of sp³-hybridized carbons (Fsp3) is 0.0625. The molecule has 102 valence electrons. The van der Waals surface area contributed by atoms with Crippen LogP contribution in [0.3, 0.4) is 0 Å². The number of ether oxygens (including phenoxy) is 1. The van der Waals surface area contributed by atoms with Crippen LogP contribution in [0.15, 0.2) is 53.6 Å². The van der Waals surface area contributed by atoms with E-state index in [-0.39, 0.29) is 0 Å². The van der Waals surface area contributed by atoms with Crippen LogP contribution in [0.4, 0.5) is 5.82 Å². The number of aryl methyl sites for hydroxylation is 1. The fourth-order valence-corrected chi connectivity index (χ4v) is 2.17. The number of anilines is 1. The molecule has 5 heteroatoms. The van der Waals surface area contributed by atoms with Crippen molar-refractivity contribution in [2.45, 2.75) is 6.92 Å². The summed E-state index contributed by atoms with van der Waals surface area (Å²) in [7, 11) is 0. The van der Waals surface area contributed by atoms with Crippen molar-refractivity contribution in [3.05, 3.63) is 59.7 Å². The van der Waals surface area contributed by atoms with Gasteiger partial charge in [-0.05, 0) is 31.2 Å².